The minimum absolute atomic E-state index is 0.291. The molecule has 0 amide bonds. The Morgan fingerprint density at radius 1 is 0.238 bits per heavy atom. The molecule has 0 unspecified atom stereocenters. The van der Waals surface area contributed by atoms with E-state index in [4.69, 9.17) is 0 Å². The van der Waals surface area contributed by atoms with Gasteiger partial charge in [-0.25, -0.2) is 33.7 Å². The second-order valence-electron chi connectivity index (χ2n) is 11.8. The van der Waals surface area contributed by atoms with Gasteiger partial charge in [-0.15, -0.1) is 0 Å². The van der Waals surface area contributed by atoms with Gasteiger partial charge >= 0.3 is 0 Å². The van der Waals surface area contributed by atoms with E-state index in [1.165, 1.54) is 38.5 Å². The molecule has 0 aliphatic heterocycles. The molecular weight excluding hydrogens is 617 g/mol. The van der Waals surface area contributed by atoms with E-state index in [1.807, 2.05) is 0 Å². The van der Waals surface area contributed by atoms with Gasteiger partial charge in [-0.1, -0.05) is 142 Å². The summed E-state index contributed by atoms with van der Waals surface area (Å²) in [6.07, 6.45) is 20.8. The van der Waals surface area contributed by atoms with Crippen molar-refractivity contribution in [1.29, 1.82) is 0 Å². The molecule has 0 bridgehead atoms. The molecule has 0 N–H and O–H groups in total. The van der Waals surface area contributed by atoms with E-state index in [1.54, 1.807) is 0 Å². The largest absolute Gasteiger partial charge is 0.253 e. The van der Waals surface area contributed by atoms with Crippen LogP contribution in [0.4, 0.5) is 0 Å². The van der Waals surface area contributed by atoms with Crippen LogP contribution in [0.1, 0.15) is 168 Å². The lowest BCUT2D eigenvalue weighted by atomic mass is 10.1. The van der Waals surface area contributed by atoms with Crippen LogP contribution in [-0.4, -0.2) is 56.7 Å². The first-order chi connectivity index (χ1) is 19.8. The quantitative estimate of drug-likeness (QED) is 0.0534. The van der Waals surface area contributed by atoms with E-state index in [9.17, 15) is 33.7 Å². The van der Waals surface area contributed by atoms with Gasteiger partial charge in [-0.2, -0.15) is 0 Å². The van der Waals surface area contributed by atoms with Crippen LogP contribution in [-0.2, 0) is 35.5 Å². The molecule has 0 radical (unpaired) electrons. The minimum Gasteiger partial charge on any atom is -0.213 e. The minimum atomic E-state index is -4.14. The Kier molecular flexibility index (Phi) is 24.0. The van der Waals surface area contributed by atoms with Crippen LogP contribution in [0.3, 0.4) is 0 Å². The molecule has 0 atom stereocenters. The Balaban J connectivity index is 3.95. The number of hydrogen-bond acceptors (Lipinski definition) is 8. The summed E-state index contributed by atoms with van der Waals surface area (Å²) in [5.74, 6) is -1.25. The topological polar surface area (TPSA) is 137 Å². The van der Waals surface area contributed by atoms with E-state index in [2.05, 4.69) is 13.8 Å². The van der Waals surface area contributed by atoms with E-state index >= 15 is 0 Å². The molecule has 0 rings (SSSR count). The zero-order valence-corrected chi connectivity index (χ0v) is 30.0. The van der Waals surface area contributed by atoms with Crippen molar-refractivity contribution in [2.24, 2.45) is 0 Å². The van der Waals surface area contributed by atoms with Crippen molar-refractivity contribution in [1.82, 2.24) is 0 Å². The summed E-state index contributed by atoms with van der Waals surface area (Å²) in [5, 5.41) is 0. The maximum absolute atomic E-state index is 12.3. The summed E-state index contributed by atoms with van der Waals surface area (Å²) >= 11 is 0. The summed E-state index contributed by atoms with van der Waals surface area (Å²) in [7, 11) is -16.5. The normalized spacial score (nSPS) is 13.1. The van der Waals surface area contributed by atoms with Crippen LogP contribution in [0.5, 0.6) is 0 Å². The van der Waals surface area contributed by atoms with Crippen molar-refractivity contribution in [2.75, 3.05) is 23.0 Å². The molecular formula is C30H62O8S4. The maximum atomic E-state index is 12.3. The van der Waals surface area contributed by atoms with Crippen LogP contribution in [0.15, 0.2) is 0 Å². The molecule has 0 spiro atoms. The third-order valence-corrected chi connectivity index (χ3v) is 19.2. The monoisotopic (exact) mass is 678 g/mol. The molecule has 8 nitrogen and oxygen atoms in total. The third-order valence-electron chi connectivity index (χ3n) is 7.81. The highest BCUT2D eigenvalue weighted by Crippen LogP contribution is 2.17. The Labute approximate surface area is 259 Å². The van der Waals surface area contributed by atoms with Crippen molar-refractivity contribution in [2.45, 2.75) is 168 Å². The molecule has 0 saturated heterocycles. The highest BCUT2D eigenvalue weighted by atomic mass is 33.2. The Bertz CT molecular complexity index is 992. The molecule has 0 aromatic carbocycles. The average Bonchev–Trinajstić information content (AvgIpc) is 2.92. The highest BCUT2D eigenvalue weighted by Gasteiger charge is 2.29. The first-order valence-electron chi connectivity index (χ1n) is 16.7. The molecule has 12 heteroatoms. The first kappa shape index (κ1) is 41.8. The lowest BCUT2D eigenvalue weighted by Gasteiger charge is -2.07. The average molecular weight is 679 g/mol. The van der Waals surface area contributed by atoms with Crippen LogP contribution in [0.25, 0.3) is 0 Å². The van der Waals surface area contributed by atoms with Gasteiger partial charge in [0.25, 0.3) is 35.5 Å². The van der Waals surface area contributed by atoms with Gasteiger partial charge in [0.05, 0.1) is 23.0 Å². The van der Waals surface area contributed by atoms with E-state index in [0.29, 0.717) is 38.5 Å². The first-order valence-corrected chi connectivity index (χ1v) is 24.4. The summed E-state index contributed by atoms with van der Waals surface area (Å²) in [6.45, 7) is 4.31. The Morgan fingerprint density at radius 2 is 0.381 bits per heavy atom. The third kappa shape index (κ3) is 20.0. The number of unbranched alkanes of at least 4 members (excludes halogenated alkanes) is 21. The van der Waals surface area contributed by atoms with Gasteiger partial charge in [0.15, 0.2) is 0 Å². The lowest BCUT2D eigenvalue weighted by Crippen LogP contribution is -2.22. The second kappa shape index (κ2) is 24.1. The van der Waals surface area contributed by atoms with E-state index < -0.39 is 35.5 Å². The van der Waals surface area contributed by atoms with Gasteiger partial charge in [-0.05, 0) is 25.7 Å². The zero-order valence-electron chi connectivity index (χ0n) is 26.7. The molecule has 0 aliphatic carbocycles. The zero-order chi connectivity index (χ0) is 31.8. The molecule has 0 aromatic rings. The molecule has 254 valence electrons. The van der Waals surface area contributed by atoms with Crippen LogP contribution in [0.2, 0.25) is 0 Å². The maximum Gasteiger partial charge on any atom is 0.253 e. The molecule has 42 heavy (non-hydrogen) atoms. The van der Waals surface area contributed by atoms with Gasteiger partial charge < -0.3 is 0 Å². The predicted octanol–water partition coefficient (Wildman–Crippen LogP) is 7.88. The molecule has 0 aromatic heterocycles. The van der Waals surface area contributed by atoms with Gasteiger partial charge in [-0.3, -0.25) is 0 Å². The van der Waals surface area contributed by atoms with Crippen molar-refractivity contribution in [3.63, 3.8) is 0 Å². The number of hydrogen-bond donors (Lipinski definition) is 0. The smallest absolute Gasteiger partial charge is 0.213 e. The summed E-state index contributed by atoms with van der Waals surface area (Å²) < 4.78 is 98.3. The van der Waals surface area contributed by atoms with Gasteiger partial charge in [0, 0.05) is 0 Å². The van der Waals surface area contributed by atoms with Crippen LogP contribution < -0.4 is 0 Å². The standard InChI is InChI=1S/C30H62O8S4/c1-3-5-7-9-11-15-19-23-27-39(31,32)41(35,36)29-25-21-17-13-14-18-22-26-30-42(37,38)40(33,34)28-24-20-16-12-10-8-6-4-2/h3-30H2,1-2H3. The molecule has 0 heterocycles. The lowest BCUT2D eigenvalue weighted by molar-refractivity contribution is 0.561. The van der Waals surface area contributed by atoms with Gasteiger partial charge in [0.2, 0.25) is 0 Å². The molecule has 0 fully saturated rings. The molecule has 0 saturated carbocycles. The van der Waals surface area contributed by atoms with Crippen molar-refractivity contribution >= 4 is 35.5 Å². The molecule has 0 aliphatic rings. The van der Waals surface area contributed by atoms with Crippen molar-refractivity contribution in [3.8, 4) is 0 Å². The van der Waals surface area contributed by atoms with Crippen LogP contribution >= 0.6 is 0 Å². The summed E-state index contributed by atoms with van der Waals surface area (Å²) in [6, 6.07) is 0. The fourth-order valence-electron chi connectivity index (χ4n) is 4.95. The van der Waals surface area contributed by atoms with Crippen molar-refractivity contribution < 1.29 is 33.7 Å². The van der Waals surface area contributed by atoms with E-state index in [-0.39, 0.29) is 23.0 Å². The highest BCUT2D eigenvalue weighted by molar-refractivity contribution is 8.67. The SMILES string of the molecule is CCCCCCCCCCS(=O)(=O)S(=O)(=O)CCCCCCCCCCS(=O)(=O)S(=O)(=O)CCCCCCCCCC. The fraction of sp³-hybridized carbons (Fsp3) is 1.00. The summed E-state index contributed by atoms with van der Waals surface area (Å²) in [5.41, 5.74) is 0. The van der Waals surface area contributed by atoms with E-state index in [0.717, 1.165) is 77.0 Å². The Hall–Kier alpha value is -0.200. The van der Waals surface area contributed by atoms with Crippen LogP contribution in [0, 0.1) is 0 Å². The summed E-state index contributed by atoms with van der Waals surface area (Å²) in [4.78, 5) is 0. The number of rotatable bonds is 31. The van der Waals surface area contributed by atoms with Crippen molar-refractivity contribution in [3.05, 3.63) is 0 Å². The fourth-order valence-corrected chi connectivity index (χ4v) is 12.7. The van der Waals surface area contributed by atoms with Gasteiger partial charge in [0.1, 0.15) is 0 Å². The Morgan fingerprint density at radius 3 is 0.548 bits per heavy atom. The predicted molar refractivity (Wildman–Crippen MR) is 177 cm³/mol. The second-order valence-corrected chi connectivity index (χ2v) is 24.0.